The van der Waals surface area contributed by atoms with Crippen molar-refractivity contribution in [3.05, 3.63) is 51.2 Å². The standard InChI is InChI=1S/C22H25N7O3.C2HF3O2.CH4/c1-3-4-12-28-18-19(25-21(28)27-13-10-23-11-14-27)26(2)22(32)29(20(18)31)15-17(30)24-16-8-6-5-7-9-16;3-2(4,5)1(6)7;/h5-9,23H,10-15H2,1-2H3,(H,24,30);(H,6,7);1H4. The number of benzene rings is 1. The minimum absolute atomic E-state index is 0. The van der Waals surface area contributed by atoms with Crippen molar-refractivity contribution in [3.8, 4) is 11.8 Å². The second-order valence-corrected chi connectivity index (χ2v) is 8.28. The van der Waals surface area contributed by atoms with E-state index in [0.29, 0.717) is 11.6 Å². The maximum Gasteiger partial charge on any atom is 0.490 e. The highest BCUT2D eigenvalue weighted by atomic mass is 19.4. The lowest BCUT2D eigenvalue weighted by Crippen LogP contribution is -2.44. The zero-order chi connectivity index (χ0) is 28.7. The second-order valence-electron chi connectivity index (χ2n) is 8.28. The number of hydrogen-bond acceptors (Lipinski definition) is 7. The van der Waals surface area contributed by atoms with Crippen molar-refractivity contribution in [1.82, 2.24) is 24.0 Å². The van der Waals surface area contributed by atoms with Gasteiger partial charge in [0.05, 0.1) is 6.54 Å². The molecule has 3 N–H and O–H groups in total. The molecule has 1 saturated heterocycles. The molecule has 1 aliphatic rings. The van der Waals surface area contributed by atoms with Gasteiger partial charge in [0.15, 0.2) is 11.2 Å². The molecule has 1 fully saturated rings. The third-order valence-electron chi connectivity index (χ3n) is 5.63. The lowest BCUT2D eigenvalue weighted by Gasteiger charge is -2.28. The third-order valence-corrected chi connectivity index (χ3v) is 5.63. The van der Waals surface area contributed by atoms with E-state index in [0.717, 1.165) is 30.7 Å². The number of carbonyl (C=O) groups excluding carboxylic acids is 1. The smallest absolute Gasteiger partial charge is 0.475 e. The molecule has 216 valence electrons. The Balaban J connectivity index is 0.000000623. The van der Waals surface area contributed by atoms with Crippen LogP contribution in [0.5, 0.6) is 0 Å². The Kier molecular flexibility index (Phi) is 10.7. The van der Waals surface area contributed by atoms with E-state index < -0.39 is 35.8 Å². The summed E-state index contributed by atoms with van der Waals surface area (Å²) < 4.78 is 35.7. The molecule has 3 aromatic rings. The van der Waals surface area contributed by atoms with Crippen molar-refractivity contribution in [2.45, 2.75) is 33.6 Å². The number of aryl methyl sites for hydroxylation is 1. The molecular formula is C25H30F3N7O5. The van der Waals surface area contributed by atoms with Crippen LogP contribution in [0.2, 0.25) is 0 Å². The SMILES string of the molecule is C.CC#CCn1c(N2CCNCC2)nc2c1c(=O)n(CC(=O)Nc1ccccc1)c(=O)n2C.O=C(O)C(F)(F)F. The summed E-state index contributed by atoms with van der Waals surface area (Å²) >= 11 is 0. The van der Waals surface area contributed by atoms with Crippen LogP contribution < -0.4 is 26.8 Å². The molecule has 1 amide bonds. The molecular weight excluding hydrogens is 535 g/mol. The molecule has 0 saturated carbocycles. The fraction of sp³-hybridized carbons (Fsp3) is 0.400. The third kappa shape index (κ3) is 7.29. The maximum atomic E-state index is 13.4. The van der Waals surface area contributed by atoms with Crippen molar-refractivity contribution in [2.75, 3.05) is 36.4 Å². The van der Waals surface area contributed by atoms with Gasteiger partial charge < -0.3 is 20.6 Å². The van der Waals surface area contributed by atoms with Crippen molar-refractivity contribution in [3.63, 3.8) is 0 Å². The van der Waals surface area contributed by atoms with Crippen molar-refractivity contribution < 1.29 is 27.9 Å². The van der Waals surface area contributed by atoms with E-state index in [1.54, 1.807) is 42.8 Å². The van der Waals surface area contributed by atoms with Gasteiger partial charge in [-0.05, 0) is 19.1 Å². The summed E-state index contributed by atoms with van der Waals surface area (Å²) in [5, 5.41) is 13.1. The molecule has 1 aromatic carbocycles. The maximum absolute atomic E-state index is 13.4. The summed E-state index contributed by atoms with van der Waals surface area (Å²) in [6.45, 7) is 4.64. The van der Waals surface area contributed by atoms with Gasteiger partial charge in [-0.3, -0.25) is 18.7 Å². The second kappa shape index (κ2) is 13.5. The number of hydrogen-bond donors (Lipinski definition) is 3. The molecule has 4 rings (SSSR count). The number of rotatable bonds is 5. The number of carbonyl (C=O) groups is 2. The van der Waals surface area contributed by atoms with Crippen LogP contribution in [0.1, 0.15) is 14.4 Å². The van der Waals surface area contributed by atoms with E-state index in [1.807, 2.05) is 6.07 Å². The molecule has 12 nitrogen and oxygen atoms in total. The normalized spacial score (nSPS) is 12.9. The zero-order valence-corrected chi connectivity index (χ0v) is 21.1. The average Bonchev–Trinajstić information content (AvgIpc) is 3.29. The van der Waals surface area contributed by atoms with Gasteiger partial charge in [0.2, 0.25) is 11.9 Å². The predicted octanol–water partition coefficient (Wildman–Crippen LogP) is 1.24. The van der Waals surface area contributed by atoms with Gasteiger partial charge in [0.25, 0.3) is 5.56 Å². The fourth-order valence-electron chi connectivity index (χ4n) is 3.78. The monoisotopic (exact) mass is 565 g/mol. The van der Waals surface area contributed by atoms with Crippen LogP contribution in [-0.2, 0) is 29.7 Å². The number of piperazine rings is 1. The van der Waals surface area contributed by atoms with Crippen LogP contribution in [0, 0.1) is 11.8 Å². The van der Waals surface area contributed by atoms with Crippen molar-refractivity contribution in [2.24, 2.45) is 7.05 Å². The van der Waals surface area contributed by atoms with Crippen molar-refractivity contribution in [1.29, 1.82) is 0 Å². The number of carboxylic acid groups (broad SMARTS) is 1. The van der Waals surface area contributed by atoms with Crippen LogP contribution in [0.25, 0.3) is 11.2 Å². The van der Waals surface area contributed by atoms with Gasteiger partial charge >= 0.3 is 17.8 Å². The van der Waals surface area contributed by atoms with Crippen LogP contribution in [0.4, 0.5) is 24.8 Å². The van der Waals surface area contributed by atoms with Crippen LogP contribution in [0.3, 0.4) is 0 Å². The van der Waals surface area contributed by atoms with Gasteiger partial charge in [-0.25, -0.2) is 14.2 Å². The highest BCUT2D eigenvalue weighted by Crippen LogP contribution is 2.20. The predicted molar refractivity (Wildman–Crippen MR) is 143 cm³/mol. The molecule has 2 aromatic heterocycles. The number of alkyl halides is 3. The Morgan fingerprint density at radius 3 is 2.27 bits per heavy atom. The molecule has 40 heavy (non-hydrogen) atoms. The van der Waals surface area contributed by atoms with Gasteiger partial charge in [0, 0.05) is 38.9 Å². The number of anilines is 2. The van der Waals surface area contributed by atoms with E-state index in [9.17, 15) is 27.6 Å². The van der Waals surface area contributed by atoms with Gasteiger partial charge in [-0.15, -0.1) is 5.92 Å². The topological polar surface area (TPSA) is 143 Å². The Bertz CT molecular complexity index is 1530. The number of para-hydroxylation sites is 1. The first-order valence-electron chi connectivity index (χ1n) is 11.7. The summed E-state index contributed by atoms with van der Waals surface area (Å²) in [7, 11) is 1.56. The van der Waals surface area contributed by atoms with Gasteiger partial charge in [0.1, 0.15) is 6.54 Å². The van der Waals surface area contributed by atoms with Crippen LogP contribution in [0.15, 0.2) is 39.9 Å². The van der Waals surface area contributed by atoms with Crippen molar-refractivity contribution >= 4 is 34.7 Å². The molecule has 0 bridgehead atoms. The Labute approximate surface area is 227 Å². The summed E-state index contributed by atoms with van der Waals surface area (Å²) in [6.07, 6.45) is -5.08. The lowest BCUT2D eigenvalue weighted by atomic mass is 10.3. The Hall–Kier alpha value is -4.58. The number of aromatic nitrogens is 4. The number of aliphatic carboxylic acids is 1. The minimum atomic E-state index is -5.08. The molecule has 0 unspecified atom stereocenters. The molecule has 0 aliphatic carbocycles. The fourth-order valence-corrected chi connectivity index (χ4v) is 3.78. The van der Waals surface area contributed by atoms with E-state index >= 15 is 0 Å². The number of amides is 1. The molecule has 15 heteroatoms. The Morgan fingerprint density at radius 2 is 1.73 bits per heavy atom. The number of nitrogens with zero attached hydrogens (tertiary/aromatic N) is 5. The van der Waals surface area contributed by atoms with Crippen LogP contribution >= 0.6 is 0 Å². The van der Waals surface area contributed by atoms with E-state index in [4.69, 9.17) is 9.90 Å². The largest absolute Gasteiger partial charge is 0.490 e. The molecule has 1 aliphatic heterocycles. The summed E-state index contributed by atoms with van der Waals surface area (Å²) in [5.74, 6) is 3.22. The van der Waals surface area contributed by atoms with E-state index in [2.05, 4.69) is 32.4 Å². The molecule has 0 spiro atoms. The number of nitrogens with one attached hydrogen (secondary N) is 2. The zero-order valence-electron chi connectivity index (χ0n) is 21.1. The first-order valence-corrected chi connectivity index (χ1v) is 11.7. The Morgan fingerprint density at radius 1 is 1.12 bits per heavy atom. The average molecular weight is 566 g/mol. The van der Waals surface area contributed by atoms with Gasteiger partial charge in [-0.1, -0.05) is 31.5 Å². The van der Waals surface area contributed by atoms with E-state index in [-0.39, 0.29) is 25.1 Å². The summed E-state index contributed by atoms with van der Waals surface area (Å²) in [5.41, 5.74) is -0.0170. The summed E-state index contributed by atoms with van der Waals surface area (Å²) in [6, 6.07) is 8.89. The lowest BCUT2D eigenvalue weighted by molar-refractivity contribution is -0.192. The number of halogens is 3. The van der Waals surface area contributed by atoms with Crippen LogP contribution in [-0.4, -0.2) is 68.0 Å². The van der Waals surface area contributed by atoms with E-state index in [1.165, 1.54) is 4.57 Å². The molecule has 3 heterocycles. The highest BCUT2D eigenvalue weighted by molar-refractivity contribution is 5.90. The number of fused-ring (bicyclic) bond motifs is 1. The summed E-state index contributed by atoms with van der Waals surface area (Å²) in [4.78, 5) is 54.5. The quantitative estimate of drug-likeness (QED) is 0.392. The molecule has 0 radical (unpaired) electrons. The first-order chi connectivity index (χ1) is 18.5. The molecule has 0 atom stereocenters. The van der Waals surface area contributed by atoms with Gasteiger partial charge in [-0.2, -0.15) is 18.2 Å². The minimum Gasteiger partial charge on any atom is -0.475 e. The number of carboxylic acids is 1. The first kappa shape index (κ1) is 31.6. The highest BCUT2D eigenvalue weighted by Gasteiger charge is 2.38. The number of imidazole rings is 1.